The van der Waals surface area contributed by atoms with Crippen molar-refractivity contribution in [3.8, 4) is 0 Å². The molecule has 3 aromatic rings. The van der Waals surface area contributed by atoms with Crippen molar-refractivity contribution < 1.29 is 13.2 Å². The molecule has 0 bridgehead atoms. The van der Waals surface area contributed by atoms with Crippen LogP contribution in [0.5, 0.6) is 0 Å². The van der Waals surface area contributed by atoms with Gasteiger partial charge in [-0.05, 0) is 66.9 Å². The Hall–Kier alpha value is -2.83. The highest BCUT2D eigenvalue weighted by Gasteiger charge is 2.28. The third kappa shape index (κ3) is 3.99. The van der Waals surface area contributed by atoms with Crippen LogP contribution in [-0.2, 0) is 16.4 Å². The van der Waals surface area contributed by atoms with Crippen molar-refractivity contribution >= 4 is 38.9 Å². The predicted octanol–water partition coefficient (Wildman–Crippen LogP) is 4.73. The molecule has 1 N–H and O–H groups in total. The monoisotopic (exact) mass is 426 g/mol. The Balaban J connectivity index is 1.57. The van der Waals surface area contributed by atoms with Gasteiger partial charge < -0.3 is 5.32 Å². The normalized spacial score (nSPS) is 13.6. The second kappa shape index (κ2) is 7.89. The van der Waals surface area contributed by atoms with E-state index in [2.05, 4.69) is 5.32 Å². The van der Waals surface area contributed by atoms with Crippen molar-refractivity contribution in [2.75, 3.05) is 16.2 Å². The molecule has 4 rings (SSSR count). The molecule has 0 fully saturated rings. The van der Waals surface area contributed by atoms with Crippen molar-refractivity contribution in [1.82, 2.24) is 0 Å². The van der Waals surface area contributed by atoms with Crippen LogP contribution in [0.3, 0.4) is 0 Å². The molecule has 29 heavy (non-hydrogen) atoms. The average Bonchev–Trinajstić information content (AvgIpc) is 2.73. The zero-order valence-electron chi connectivity index (χ0n) is 15.5. The summed E-state index contributed by atoms with van der Waals surface area (Å²) in [7, 11) is -3.70. The fraction of sp³-hybridized carbons (Fsp3) is 0.136. The summed E-state index contributed by atoms with van der Waals surface area (Å²) >= 11 is 5.93. The minimum Gasteiger partial charge on any atom is -0.322 e. The maximum Gasteiger partial charge on any atom is 0.264 e. The molecule has 0 unspecified atom stereocenters. The molecule has 1 aliphatic rings. The number of hydrogen-bond donors (Lipinski definition) is 1. The Morgan fingerprint density at radius 2 is 1.72 bits per heavy atom. The van der Waals surface area contributed by atoms with Gasteiger partial charge >= 0.3 is 0 Å². The van der Waals surface area contributed by atoms with E-state index >= 15 is 0 Å². The number of aryl methyl sites for hydroxylation is 1. The number of benzene rings is 3. The van der Waals surface area contributed by atoms with Crippen molar-refractivity contribution in [3.05, 3.63) is 88.9 Å². The van der Waals surface area contributed by atoms with Crippen LogP contribution in [0.25, 0.3) is 0 Å². The maximum absolute atomic E-state index is 13.2. The van der Waals surface area contributed by atoms with E-state index in [4.69, 9.17) is 11.6 Å². The molecule has 0 aliphatic carbocycles. The molecule has 5 nitrogen and oxygen atoms in total. The zero-order chi connectivity index (χ0) is 20.4. The summed E-state index contributed by atoms with van der Waals surface area (Å²) in [6, 6.07) is 20.4. The van der Waals surface area contributed by atoms with Gasteiger partial charge in [0.15, 0.2) is 0 Å². The minimum absolute atomic E-state index is 0.161. The average molecular weight is 427 g/mol. The lowest BCUT2D eigenvalue weighted by Gasteiger charge is -2.30. The number of fused-ring (bicyclic) bond motifs is 1. The molecule has 0 radical (unpaired) electrons. The van der Waals surface area contributed by atoms with Gasteiger partial charge in [-0.3, -0.25) is 9.10 Å². The number of para-hydroxylation sites is 1. The summed E-state index contributed by atoms with van der Waals surface area (Å²) < 4.78 is 27.8. The van der Waals surface area contributed by atoms with E-state index in [1.807, 2.05) is 24.3 Å². The number of carbonyl (C=O) groups excluding carboxylic acids is 1. The number of rotatable bonds is 4. The summed E-state index contributed by atoms with van der Waals surface area (Å²) in [6.07, 6.45) is 1.64. The van der Waals surface area contributed by atoms with Crippen LogP contribution in [0, 0.1) is 0 Å². The number of amides is 1. The lowest BCUT2D eigenvalue weighted by molar-refractivity contribution is 0.102. The lowest BCUT2D eigenvalue weighted by atomic mass is 10.0. The first-order valence-electron chi connectivity index (χ1n) is 9.23. The lowest BCUT2D eigenvalue weighted by Crippen LogP contribution is -2.35. The second-order valence-electron chi connectivity index (χ2n) is 6.80. The van der Waals surface area contributed by atoms with Gasteiger partial charge in [0.2, 0.25) is 0 Å². The van der Waals surface area contributed by atoms with E-state index in [1.165, 1.54) is 28.6 Å². The maximum atomic E-state index is 13.2. The number of nitrogens with one attached hydrogen (secondary N) is 1. The summed E-state index contributed by atoms with van der Waals surface area (Å²) in [4.78, 5) is 12.6. The summed E-state index contributed by atoms with van der Waals surface area (Å²) in [6.45, 7) is 0.441. The highest BCUT2D eigenvalue weighted by Crippen LogP contribution is 2.31. The van der Waals surface area contributed by atoms with E-state index in [-0.39, 0.29) is 10.8 Å². The molecule has 148 valence electrons. The van der Waals surface area contributed by atoms with Crippen molar-refractivity contribution in [3.63, 3.8) is 0 Å². The first kappa shape index (κ1) is 19.5. The van der Waals surface area contributed by atoms with Crippen LogP contribution in [0.4, 0.5) is 11.4 Å². The summed E-state index contributed by atoms with van der Waals surface area (Å²) in [5.41, 5.74) is 2.69. The number of carbonyl (C=O) groups is 1. The molecule has 0 aromatic heterocycles. The Kier molecular flexibility index (Phi) is 5.30. The third-order valence-corrected chi connectivity index (χ3v) is 6.92. The quantitative estimate of drug-likeness (QED) is 0.655. The van der Waals surface area contributed by atoms with Crippen LogP contribution < -0.4 is 9.62 Å². The summed E-state index contributed by atoms with van der Waals surface area (Å²) in [5.74, 6) is -0.334. The number of anilines is 2. The van der Waals surface area contributed by atoms with Gasteiger partial charge in [-0.2, -0.15) is 0 Å². The van der Waals surface area contributed by atoms with Crippen molar-refractivity contribution in [1.29, 1.82) is 0 Å². The number of hydrogen-bond acceptors (Lipinski definition) is 3. The van der Waals surface area contributed by atoms with Gasteiger partial charge in [0.25, 0.3) is 15.9 Å². The van der Waals surface area contributed by atoms with E-state index in [1.54, 1.807) is 24.3 Å². The first-order chi connectivity index (χ1) is 13.9. The second-order valence-corrected chi connectivity index (χ2v) is 9.10. The molecule has 3 aromatic carbocycles. The molecule has 1 heterocycles. The topological polar surface area (TPSA) is 66.5 Å². The fourth-order valence-electron chi connectivity index (χ4n) is 3.42. The Morgan fingerprint density at radius 3 is 2.48 bits per heavy atom. The van der Waals surface area contributed by atoms with Crippen LogP contribution in [0.1, 0.15) is 22.3 Å². The Labute approximate surface area is 175 Å². The Morgan fingerprint density at radius 1 is 0.966 bits per heavy atom. The molecule has 1 aliphatic heterocycles. The molecular weight excluding hydrogens is 408 g/mol. The van der Waals surface area contributed by atoms with E-state index in [0.717, 1.165) is 24.1 Å². The molecule has 0 saturated carbocycles. The molecule has 0 saturated heterocycles. The minimum atomic E-state index is -3.70. The molecular formula is C22H19ClN2O3S. The smallest absolute Gasteiger partial charge is 0.264 e. The van der Waals surface area contributed by atoms with Gasteiger partial charge in [-0.25, -0.2) is 8.42 Å². The predicted molar refractivity (Wildman–Crippen MR) is 115 cm³/mol. The SMILES string of the molecule is O=C(Nc1cccc(Cl)c1)c1ccc(S(=O)(=O)N2CCCc3ccccc32)cc1. The number of halogens is 1. The van der Waals surface area contributed by atoms with Gasteiger partial charge in [0, 0.05) is 22.8 Å². The third-order valence-electron chi connectivity index (χ3n) is 4.85. The largest absolute Gasteiger partial charge is 0.322 e. The number of sulfonamides is 1. The van der Waals surface area contributed by atoms with Crippen LogP contribution >= 0.6 is 11.6 Å². The highest BCUT2D eigenvalue weighted by atomic mass is 35.5. The molecule has 1 amide bonds. The fourth-order valence-corrected chi connectivity index (χ4v) is 5.16. The van der Waals surface area contributed by atoms with Gasteiger partial charge in [0.05, 0.1) is 10.6 Å². The van der Waals surface area contributed by atoms with Gasteiger partial charge in [-0.15, -0.1) is 0 Å². The number of nitrogens with zero attached hydrogens (tertiary/aromatic N) is 1. The van der Waals surface area contributed by atoms with E-state index in [9.17, 15) is 13.2 Å². The van der Waals surface area contributed by atoms with E-state index < -0.39 is 10.0 Å². The van der Waals surface area contributed by atoms with Crippen LogP contribution in [-0.4, -0.2) is 20.9 Å². The van der Waals surface area contributed by atoms with Gasteiger partial charge in [-0.1, -0.05) is 35.9 Å². The van der Waals surface area contributed by atoms with Crippen molar-refractivity contribution in [2.24, 2.45) is 0 Å². The standard InChI is InChI=1S/C22H19ClN2O3S/c23-18-7-3-8-19(15-18)24-22(26)17-10-12-20(13-11-17)29(27,28)25-14-4-6-16-5-1-2-9-21(16)25/h1-3,5,7-13,15H,4,6,14H2,(H,24,26). The van der Waals surface area contributed by atoms with Crippen molar-refractivity contribution in [2.45, 2.75) is 17.7 Å². The molecule has 0 atom stereocenters. The van der Waals surface area contributed by atoms with Crippen LogP contribution in [0.2, 0.25) is 5.02 Å². The van der Waals surface area contributed by atoms with E-state index in [0.29, 0.717) is 22.8 Å². The summed E-state index contributed by atoms with van der Waals surface area (Å²) in [5, 5.41) is 3.27. The molecule has 0 spiro atoms. The van der Waals surface area contributed by atoms with Crippen LogP contribution in [0.15, 0.2) is 77.7 Å². The Bertz CT molecular complexity index is 1160. The highest BCUT2D eigenvalue weighted by molar-refractivity contribution is 7.92. The zero-order valence-corrected chi connectivity index (χ0v) is 17.1. The first-order valence-corrected chi connectivity index (χ1v) is 11.0. The van der Waals surface area contributed by atoms with Gasteiger partial charge in [0.1, 0.15) is 0 Å². The molecule has 7 heteroatoms.